The van der Waals surface area contributed by atoms with Gasteiger partial charge >= 0.3 is 0 Å². The molecule has 0 fully saturated rings. The van der Waals surface area contributed by atoms with Crippen molar-refractivity contribution >= 4 is 157 Å². The Kier molecular flexibility index (Phi) is 37.1. The molecule has 0 aromatic rings. The summed E-state index contributed by atoms with van der Waals surface area (Å²) in [5.74, 6) is 1.78. The molecule has 20 heteroatoms. The molecule has 8 nitrogen and oxygen atoms in total. The molecule has 37 heavy (non-hydrogen) atoms. The maximum absolute atomic E-state index is 11.8. The van der Waals surface area contributed by atoms with Crippen molar-refractivity contribution in [2.45, 2.75) is 0 Å². The van der Waals surface area contributed by atoms with E-state index in [0.717, 1.165) is 40.7 Å². The lowest BCUT2D eigenvalue weighted by molar-refractivity contribution is -0.196. The zero-order chi connectivity index (χ0) is 27.1. The summed E-state index contributed by atoms with van der Waals surface area (Å²) >= 11 is 18.5. The van der Waals surface area contributed by atoms with Crippen LogP contribution in [0.3, 0.4) is 0 Å². The Labute approximate surface area is 270 Å². The lowest BCUT2D eigenvalue weighted by Gasteiger charge is -2.05. The summed E-state index contributed by atoms with van der Waals surface area (Å²) < 4.78 is 11.4. The number of thioether (sulfide) groups is 11. The van der Waals surface area contributed by atoms with Crippen LogP contribution in [0.1, 0.15) is 0 Å². The molecule has 1 unspecified atom stereocenters. The van der Waals surface area contributed by atoms with Crippen LogP contribution in [0.15, 0.2) is 9.98 Å². The highest BCUT2D eigenvalue weighted by molar-refractivity contribution is 8.30. The molecule has 0 aromatic heterocycles. The summed E-state index contributed by atoms with van der Waals surface area (Å²) in [6.07, 6.45) is 1.31. The van der Waals surface area contributed by atoms with E-state index in [1.807, 2.05) is 47.0 Å². The van der Waals surface area contributed by atoms with E-state index in [-0.39, 0.29) is 11.2 Å². The van der Waals surface area contributed by atoms with Gasteiger partial charge in [-0.15, -0.1) is 118 Å². The number of rotatable bonds is 28. The van der Waals surface area contributed by atoms with Crippen LogP contribution in [0, 0.1) is 0 Å². The highest BCUT2D eigenvalue weighted by atomic mass is 32.3. The Hall–Kier alpha value is 2.53. The number of hydrogen-bond donors (Lipinski definition) is 2. The molecule has 0 heterocycles. The fourth-order valence-electron chi connectivity index (χ4n) is 1.46. The van der Waals surface area contributed by atoms with Gasteiger partial charge in [0.25, 0.3) is 5.24 Å². The molecule has 0 rings (SSSR count). The van der Waals surface area contributed by atoms with Crippen LogP contribution in [0.4, 0.5) is 4.79 Å². The average molecular weight is 744 g/mol. The number of hydrogen-bond acceptors (Lipinski definition) is 18. The summed E-state index contributed by atoms with van der Waals surface area (Å²) in [4.78, 5) is 29.4. The topological polar surface area (TPSA) is 110 Å². The molecule has 0 aliphatic rings. The van der Waals surface area contributed by atoms with E-state index in [1.54, 1.807) is 54.1 Å². The summed E-state index contributed by atoms with van der Waals surface area (Å²) in [6, 6.07) is 0. The fraction of sp³-hybridized carbons (Fsp3) is 0.824. The van der Waals surface area contributed by atoms with Gasteiger partial charge in [0.2, 0.25) is 6.40 Å². The first kappa shape index (κ1) is 39.5. The number of carbonyl (C=O) groups excluding carboxylic acids is 1. The van der Waals surface area contributed by atoms with Crippen molar-refractivity contribution in [1.29, 1.82) is 0 Å². The van der Waals surface area contributed by atoms with Crippen LogP contribution in [0.5, 0.6) is 0 Å². The van der Waals surface area contributed by atoms with Crippen LogP contribution in [-0.4, -0.2) is 103 Å². The van der Waals surface area contributed by atoms with E-state index in [1.165, 1.54) is 47.2 Å². The summed E-state index contributed by atoms with van der Waals surface area (Å²) in [7, 11) is 0.676. The van der Waals surface area contributed by atoms with Gasteiger partial charge in [-0.3, -0.25) is 14.0 Å². The lowest BCUT2D eigenvalue weighted by atomic mass is 11.2. The summed E-state index contributed by atoms with van der Waals surface area (Å²) in [5.41, 5.74) is 1.48. The van der Waals surface area contributed by atoms with Gasteiger partial charge in [-0.2, -0.15) is 4.89 Å². The van der Waals surface area contributed by atoms with Crippen molar-refractivity contribution in [2.24, 2.45) is 9.98 Å². The van der Waals surface area contributed by atoms with Crippen molar-refractivity contribution < 1.29 is 23.9 Å². The summed E-state index contributed by atoms with van der Waals surface area (Å²) in [5, 5.41) is 19.5. The molecule has 218 valence electrons. The standard InChI is InChI=1S/C17H33N3O5S12/c1-18-5-37(23)16-35-14-33-12-32-13-34-15-36-17(22)20-4-27-9-31-11-30-8-26-3-19-2-24-25-7-29-10-28-6-21/h2,5,21H,3-4,6-16H2,1H3,(H,20,22)/b18-5?,19-2+. The van der Waals surface area contributed by atoms with Gasteiger partial charge in [0, 0.05) is 47.7 Å². The van der Waals surface area contributed by atoms with Gasteiger partial charge in [0.05, 0.1) is 39.1 Å². The first-order chi connectivity index (χ1) is 18.2. The van der Waals surface area contributed by atoms with E-state index in [4.69, 9.17) is 14.9 Å². The number of nitrogens with zero attached hydrogens (tertiary/aromatic N) is 2. The maximum atomic E-state index is 11.8. The predicted molar refractivity (Wildman–Crippen MR) is 191 cm³/mol. The molecule has 1 amide bonds. The fourth-order valence-corrected chi connectivity index (χ4v) is 14.0. The third-order valence-electron chi connectivity index (χ3n) is 2.76. The van der Waals surface area contributed by atoms with E-state index < -0.39 is 10.8 Å². The van der Waals surface area contributed by atoms with Crippen LogP contribution in [-0.2, 0) is 20.6 Å². The molecule has 0 spiro atoms. The maximum Gasteiger partial charge on any atom is 0.280 e. The second-order valence-electron chi connectivity index (χ2n) is 5.48. The lowest BCUT2D eigenvalue weighted by Crippen LogP contribution is -2.17. The number of aliphatic hydroxyl groups is 1. The highest BCUT2D eigenvalue weighted by Crippen LogP contribution is 2.24. The van der Waals surface area contributed by atoms with E-state index in [2.05, 4.69) is 15.3 Å². The molecule has 2 N–H and O–H groups in total. The van der Waals surface area contributed by atoms with Crippen molar-refractivity contribution in [1.82, 2.24) is 5.32 Å². The number of aliphatic hydroxyl groups excluding tert-OH is 1. The number of amides is 1. The monoisotopic (exact) mass is 743 g/mol. The Morgan fingerprint density at radius 2 is 1.49 bits per heavy atom. The van der Waals surface area contributed by atoms with Gasteiger partial charge in [0.15, 0.2) is 0 Å². The zero-order valence-electron chi connectivity index (χ0n) is 20.2. The van der Waals surface area contributed by atoms with Crippen molar-refractivity contribution in [2.75, 3.05) is 76.4 Å². The average Bonchev–Trinajstić information content (AvgIpc) is 2.89. The molecule has 0 aromatic carbocycles. The third kappa shape index (κ3) is 34.6. The van der Waals surface area contributed by atoms with Crippen molar-refractivity contribution in [3.05, 3.63) is 0 Å². The second-order valence-corrected chi connectivity index (χ2v) is 20.7. The molecule has 1 atom stereocenters. The largest absolute Gasteiger partial charge is 0.386 e. The van der Waals surface area contributed by atoms with Gasteiger partial charge in [-0.05, 0) is 0 Å². The first-order valence-corrected chi connectivity index (χ1v) is 24.0. The highest BCUT2D eigenvalue weighted by Gasteiger charge is 2.02. The normalized spacial score (nSPS) is 12.5. The van der Waals surface area contributed by atoms with Crippen molar-refractivity contribution in [3.8, 4) is 0 Å². The smallest absolute Gasteiger partial charge is 0.280 e. The Morgan fingerprint density at radius 3 is 2.19 bits per heavy atom. The molecule has 0 radical (unpaired) electrons. The minimum Gasteiger partial charge on any atom is -0.386 e. The van der Waals surface area contributed by atoms with E-state index in [0.29, 0.717) is 22.8 Å². The summed E-state index contributed by atoms with van der Waals surface area (Å²) in [6.45, 7) is 0. The quantitative estimate of drug-likeness (QED) is 0.0225. The number of aliphatic imine (C=N–C) groups is 2. The van der Waals surface area contributed by atoms with E-state index in [9.17, 15) is 9.00 Å². The minimum atomic E-state index is -0.958. The molecule has 0 aliphatic heterocycles. The van der Waals surface area contributed by atoms with Gasteiger partial charge in [0.1, 0.15) is 5.94 Å². The molecule has 0 bridgehead atoms. The Bertz CT molecular complexity index is 598. The molecule has 0 saturated heterocycles. The predicted octanol–water partition coefficient (Wildman–Crippen LogP) is 6.58. The third-order valence-corrected chi connectivity index (χ3v) is 16.8. The minimum absolute atomic E-state index is 0.0320. The number of nitrogens with one attached hydrogen (secondary N) is 1. The Morgan fingerprint density at radius 1 is 0.865 bits per heavy atom. The van der Waals surface area contributed by atoms with Gasteiger partial charge in [-0.1, -0.05) is 11.8 Å². The number of carbonyl (C=O) groups is 1. The second kappa shape index (κ2) is 34.7. The Balaban J connectivity index is 3.23. The SMILES string of the molecule is CN=CS(=O)CSCSCSCSCSC(=O)NCSCSCSCSC/N=C/OOCSCSCO. The van der Waals surface area contributed by atoms with Crippen molar-refractivity contribution in [3.63, 3.8) is 0 Å². The zero-order valence-corrected chi connectivity index (χ0v) is 30.0. The molecular formula is C17H33N3O5S12. The van der Waals surface area contributed by atoms with Crippen LogP contribution < -0.4 is 5.32 Å². The van der Waals surface area contributed by atoms with Gasteiger partial charge in [-0.25, -0.2) is 4.99 Å². The van der Waals surface area contributed by atoms with Crippen LogP contribution in [0.2, 0.25) is 0 Å². The molecular weight excluding hydrogens is 711 g/mol. The van der Waals surface area contributed by atoms with Crippen LogP contribution >= 0.6 is 129 Å². The van der Waals surface area contributed by atoms with Crippen LogP contribution in [0.25, 0.3) is 0 Å². The van der Waals surface area contributed by atoms with Gasteiger partial charge < -0.3 is 15.3 Å². The molecule has 0 aliphatic carbocycles. The molecule has 0 saturated carbocycles. The first-order valence-electron chi connectivity index (χ1n) is 10.1. The van der Waals surface area contributed by atoms with E-state index >= 15 is 0 Å².